The van der Waals surface area contributed by atoms with Crippen molar-refractivity contribution in [2.24, 2.45) is 17.3 Å². The van der Waals surface area contributed by atoms with Gasteiger partial charge in [-0.2, -0.15) is 0 Å². The second-order valence-electron chi connectivity index (χ2n) is 4.67. The summed E-state index contributed by atoms with van der Waals surface area (Å²) in [7, 11) is 0. The number of rotatable bonds is 1. The zero-order chi connectivity index (χ0) is 8.77. The van der Waals surface area contributed by atoms with Crippen molar-refractivity contribution in [1.29, 1.82) is 0 Å². The van der Waals surface area contributed by atoms with Crippen LogP contribution in [0, 0.1) is 17.3 Å². The summed E-state index contributed by atoms with van der Waals surface area (Å²) in [5.41, 5.74) is 0.443. The van der Waals surface area contributed by atoms with Crippen LogP contribution in [0.3, 0.4) is 0 Å². The topological polar surface area (TPSA) is 29.1 Å². The minimum atomic E-state index is 0.295. The monoisotopic (exact) mass is 167 g/mol. The number of hydrogen-bond acceptors (Lipinski definition) is 1. The number of amides is 1. The molecular formula is C10H17NO. The minimum Gasteiger partial charge on any atom is -0.355 e. The Balaban J connectivity index is 2.18. The molecule has 0 aromatic rings. The van der Waals surface area contributed by atoms with Crippen molar-refractivity contribution in [1.82, 2.24) is 5.32 Å². The van der Waals surface area contributed by atoms with E-state index < -0.39 is 0 Å². The van der Waals surface area contributed by atoms with Gasteiger partial charge in [0.05, 0.1) is 0 Å². The van der Waals surface area contributed by atoms with Crippen molar-refractivity contribution >= 4 is 5.91 Å². The average Bonchev–Trinajstić information content (AvgIpc) is 2.40. The van der Waals surface area contributed by atoms with Crippen LogP contribution in [0.4, 0.5) is 0 Å². The Hall–Kier alpha value is -0.530. The third kappa shape index (κ3) is 0.970. The van der Waals surface area contributed by atoms with Crippen LogP contribution in [0.5, 0.6) is 0 Å². The summed E-state index contributed by atoms with van der Waals surface area (Å²) >= 11 is 0. The molecule has 1 N–H and O–H groups in total. The van der Waals surface area contributed by atoms with Gasteiger partial charge in [0.15, 0.2) is 0 Å². The molecule has 1 heterocycles. The van der Waals surface area contributed by atoms with Crippen molar-refractivity contribution in [3.8, 4) is 0 Å². The highest BCUT2D eigenvalue weighted by Gasteiger charge is 2.47. The third-order valence-corrected chi connectivity index (χ3v) is 3.85. The van der Waals surface area contributed by atoms with Gasteiger partial charge in [-0.15, -0.1) is 0 Å². The lowest BCUT2D eigenvalue weighted by Gasteiger charge is -2.36. The summed E-state index contributed by atoms with van der Waals surface area (Å²) in [6, 6.07) is 0. The smallest absolute Gasteiger partial charge is 0.223 e. The molecule has 2 nitrogen and oxygen atoms in total. The molecule has 0 aromatic heterocycles. The van der Waals surface area contributed by atoms with Gasteiger partial charge in [0.25, 0.3) is 0 Å². The first-order valence-electron chi connectivity index (χ1n) is 4.92. The summed E-state index contributed by atoms with van der Waals surface area (Å²) in [5, 5.41) is 3.03. The van der Waals surface area contributed by atoms with Gasteiger partial charge in [0.2, 0.25) is 5.91 Å². The Morgan fingerprint density at radius 1 is 1.58 bits per heavy atom. The van der Waals surface area contributed by atoms with Gasteiger partial charge in [-0.05, 0) is 30.6 Å². The van der Waals surface area contributed by atoms with Gasteiger partial charge in [-0.3, -0.25) is 4.79 Å². The van der Waals surface area contributed by atoms with Crippen LogP contribution in [-0.2, 0) is 4.79 Å². The largest absolute Gasteiger partial charge is 0.355 e. The molecule has 2 bridgehead atoms. The van der Waals surface area contributed by atoms with E-state index in [0.29, 0.717) is 23.2 Å². The number of fused-ring (bicyclic) bond motifs is 2. The lowest BCUT2D eigenvalue weighted by molar-refractivity contribution is -0.127. The second kappa shape index (κ2) is 2.48. The molecule has 68 valence electrons. The fourth-order valence-corrected chi connectivity index (χ4v) is 2.68. The molecule has 1 amide bonds. The number of piperidine rings is 1. The van der Waals surface area contributed by atoms with Gasteiger partial charge in [0.1, 0.15) is 0 Å². The molecule has 0 aromatic carbocycles. The van der Waals surface area contributed by atoms with Crippen LogP contribution < -0.4 is 5.32 Å². The quantitative estimate of drug-likeness (QED) is 0.631. The van der Waals surface area contributed by atoms with Crippen LogP contribution in [0.25, 0.3) is 0 Å². The normalized spacial score (nSPS) is 40.2. The first kappa shape index (κ1) is 8.09. The van der Waals surface area contributed by atoms with E-state index in [4.69, 9.17) is 0 Å². The molecular weight excluding hydrogens is 150 g/mol. The summed E-state index contributed by atoms with van der Waals surface area (Å²) in [5.74, 6) is 1.34. The molecule has 1 aliphatic carbocycles. The highest BCUT2D eigenvalue weighted by atomic mass is 16.2. The van der Waals surface area contributed by atoms with Gasteiger partial charge in [-0.25, -0.2) is 0 Å². The molecule has 0 radical (unpaired) electrons. The van der Waals surface area contributed by atoms with Crippen molar-refractivity contribution in [3.05, 3.63) is 0 Å². The van der Waals surface area contributed by atoms with Crippen LogP contribution in [0.15, 0.2) is 0 Å². The number of hydrogen-bond donors (Lipinski definition) is 1. The molecule has 2 unspecified atom stereocenters. The molecule has 2 atom stereocenters. The van der Waals surface area contributed by atoms with E-state index in [1.54, 1.807) is 0 Å². The molecule has 2 heteroatoms. The maximum absolute atomic E-state index is 11.3. The van der Waals surface area contributed by atoms with E-state index in [-0.39, 0.29) is 0 Å². The van der Waals surface area contributed by atoms with E-state index >= 15 is 0 Å². The lowest BCUT2D eigenvalue weighted by atomic mass is 9.73. The van der Waals surface area contributed by atoms with Gasteiger partial charge < -0.3 is 5.32 Å². The molecule has 2 fully saturated rings. The van der Waals surface area contributed by atoms with E-state index in [2.05, 4.69) is 19.2 Å². The first-order valence-corrected chi connectivity index (χ1v) is 4.92. The Morgan fingerprint density at radius 3 is 3.00 bits per heavy atom. The highest BCUT2D eigenvalue weighted by molar-refractivity contribution is 5.80. The second-order valence-corrected chi connectivity index (χ2v) is 4.67. The van der Waals surface area contributed by atoms with Crippen LogP contribution in [-0.4, -0.2) is 12.5 Å². The highest BCUT2D eigenvalue weighted by Crippen LogP contribution is 2.48. The van der Waals surface area contributed by atoms with Crippen LogP contribution in [0.1, 0.15) is 33.1 Å². The summed E-state index contributed by atoms with van der Waals surface area (Å²) < 4.78 is 0. The maximum Gasteiger partial charge on any atom is 0.223 e. The fraction of sp³-hybridized carbons (Fsp3) is 0.900. The van der Waals surface area contributed by atoms with E-state index in [0.717, 1.165) is 19.4 Å². The zero-order valence-corrected chi connectivity index (χ0v) is 7.89. The Morgan fingerprint density at radius 2 is 2.33 bits per heavy atom. The van der Waals surface area contributed by atoms with E-state index in [9.17, 15) is 4.79 Å². The Bertz CT molecular complexity index is 212. The van der Waals surface area contributed by atoms with E-state index in [1.165, 1.54) is 6.42 Å². The predicted octanol–water partition coefficient (Wildman–Crippen LogP) is 1.56. The van der Waals surface area contributed by atoms with Gasteiger partial charge in [0, 0.05) is 12.5 Å². The molecule has 12 heavy (non-hydrogen) atoms. The van der Waals surface area contributed by atoms with Gasteiger partial charge >= 0.3 is 0 Å². The molecule has 0 spiro atoms. The van der Waals surface area contributed by atoms with Crippen molar-refractivity contribution in [3.63, 3.8) is 0 Å². The fourth-order valence-electron chi connectivity index (χ4n) is 2.68. The molecule has 2 aliphatic rings. The SMILES string of the molecule is CC(C)C12CCC(C1)C(=O)NC2. The third-order valence-electron chi connectivity index (χ3n) is 3.85. The molecule has 1 saturated heterocycles. The van der Waals surface area contributed by atoms with Crippen molar-refractivity contribution in [2.45, 2.75) is 33.1 Å². The standard InChI is InChI=1S/C10H17NO/c1-7(2)10-4-3-8(5-10)9(12)11-6-10/h7-8H,3-6H2,1-2H3,(H,11,12). The summed E-state index contributed by atoms with van der Waals surface area (Å²) in [4.78, 5) is 11.3. The van der Waals surface area contributed by atoms with Crippen molar-refractivity contribution < 1.29 is 4.79 Å². The minimum absolute atomic E-state index is 0.295. The molecule has 1 aliphatic heterocycles. The zero-order valence-electron chi connectivity index (χ0n) is 7.89. The number of carbonyl (C=O) groups excluding carboxylic acids is 1. The molecule has 1 saturated carbocycles. The summed E-state index contributed by atoms with van der Waals surface area (Å²) in [6.07, 6.45) is 3.49. The molecule has 2 rings (SSSR count). The maximum atomic E-state index is 11.3. The van der Waals surface area contributed by atoms with Gasteiger partial charge in [-0.1, -0.05) is 13.8 Å². The lowest BCUT2D eigenvalue weighted by Crippen LogP contribution is -2.45. The first-order chi connectivity index (χ1) is 5.64. The Kier molecular flexibility index (Phi) is 1.67. The Labute approximate surface area is 73.7 Å². The number of carbonyl (C=O) groups is 1. The van der Waals surface area contributed by atoms with Crippen molar-refractivity contribution in [2.75, 3.05) is 6.54 Å². The number of nitrogens with one attached hydrogen (secondary N) is 1. The van der Waals surface area contributed by atoms with Crippen LogP contribution in [0.2, 0.25) is 0 Å². The predicted molar refractivity (Wildman–Crippen MR) is 47.6 cm³/mol. The summed E-state index contributed by atoms with van der Waals surface area (Å²) in [6.45, 7) is 5.47. The van der Waals surface area contributed by atoms with Crippen LogP contribution >= 0.6 is 0 Å². The average molecular weight is 167 g/mol. The van der Waals surface area contributed by atoms with E-state index in [1.807, 2.05) is 0 Å².